The SMILES string of the molecule is O=C(NC(CCO)C1CCCCC1)c1ccc(N2CCCC2)nc1. The number of hydrogen-bond donors (Lipinski definition) is 2. The summed E-state index contributed by atoms with van der Waals surface area (Å²) >= 11 is 0. The first-order valence-corrected chi connectivity index (χ1v) is 9.40. The molecule has 1 aliphatic heterocycles. The van der Waals surface area contributed by atoms with E-state index >= 15 is 0 Å². The minimum Gasteiger partial charge on any atom is -0.396 e. The van der Waals surface area contributed by atoms with Gasteiger partial charge in [-0.3, -0.25) is 4.79 Å². The lowest BCUT2D eigenvalue weighted by Gasteiger charge is -2.30. The second kappa shape index (κ2) is 8.47. The van der Waals surface area contributed by atoms with Crippen LogP contribution in [-0.4, -0.2) is 41.7 Å². The van der Waals surface area contributed by atoms with Gasteiger partial charge in [0, 0.05) is 31.9 Å². The summed E-state index contributed by atoms with van der Waals surface area (Å²) in [6.45, 7) is 2.23. The molecule has 1 saturated carbocycles. The van der Waals surface area contributed by atoms with Crippen LogP contribution in [0.2, 0.25) is 0 Å². The summed E-state index contributed by atoms with van der Waals surface area (Å²) in [5.74, 6) is 1.38. The zero-order chi connectivity index (χ0) is 16.8. The van der Waals surface area contributed by atoms with E-state index in [4.69, 9.17) is 0 Å². The molecule has 132 valence electrons. The molecule has 1 unspecified atom stereocenters. The van der Waals surface area contributed by atoms with Gasteiger partial charge in [0.1, 0.15) is 5.82 Å². The highest BCUT2D eigenvalue weighted by Gasteiger charge is 2.25. The molecule has 1 saturated heterocycles. The number of carbonyl (C=O) groups is 1. The zero-order valence-corrected chi connectivity index (χ0v) is 14.4. The van der Waals surface area contributed by atoms with Gasteiger partial charge in [-0.2, -0.15) is 0 Å². The van der Waals surface area contributed by atoms with Crippen LogP contribution in [0.25, 0.3) is 0 Å². The van der Waals surface area contributed by atoms with Crippen molar-refractivity contribution in [2.24, 2.45) is 5.92 Å². The summed E-state index contributed by atoms with van der Waals surface area (Å²) < 4.78 is 0. The summed E-state index contributed by atoms with van der Waals surface area (Å²) in [6, 6.07) is 3.88. The van der Waals surface area contributed by atoms with Crippen LogP contribution in [0.4, 0.5) is 5.82 Å². The smallest absolute Gasteiger partial charge is 0.253 e. The van der Waals surface area contributed by atoms with Crippen molar-refractivity contribution in [2.45, 2.75) is 57.4 Å². The molecule has 5 heteroatoms. The van der Waals surface area contributed by atoms with Gasteiger partial charge in [0.25, 0.3) is 5.91 Å². The van der Waals surface area contributed by atoms with E-state index in [2.05, 4.69) is 15.2 Å². The topological polar surface area (TPSA) is 65.5 Å². The van der Waals surface area contributed by atoms with E-state index in [-0.39, 0.29) is 18.6 Å². The molecular formula is C19H29N3O2. The highest BCUT2D eigenvalue weighted by Crippen LogP contribution is 2.28. The lowest BCUT2D eigenvalue weighted by molar-refractivity contribution is 0.0899. The van der Waals surface area contributed by atoms with Gasteiger partial charge in [-0.15, -0.1) is 0 Å². The number of aliphatic hydroxyl groups is 1. The molecule has 0 bridgehead atoms. The molecule has 1 atom stereocenters. The second-order valence-electron chi connectivity index (χ2n) is 7.09. The van der Waals surface area contributed by atoms with Crippen molar-refractivity contribution in [1.82, 2.24) is 10.3 Å². The van der Waals surface area contributed by atoms with Gasteiger partial charge in [-0.1, -0.05) is 19.3 Å². The van der Waals surface area contributed by atoms with Crippen LogP contribution in [0.3, 0.4) is 0 Å². The van der Waals surface area contributed by atoms with Crippen molar-refractivity contribution in [3.8, 4) is 0 Å². The first-order valence-electron chi connectivity index (χ1n) is 9.40. The van der Waals surface area contributed by atoms with E-state index in [1.54, 1.807) is 6.20 Å². The summed E-state index contributed by atoms with van der Waals surface area (Å²) in [5, 5.41) is 12.5. The fraction of sp³-hybridized carbons (Fsp3) is 0.684. The second-order valence-corrected chi connectivity index (χ2v) is 7.09. The van der Waals surface area contributed by atoms with Gasteiger partial charge in [0.2, 0.25) is 0 Å². The number of nitrogens with one attached hydrogen (secondary N) is 1. The van der Waals surface area contributed by atoms with Crippen molar-refractivity contribution >= 4 is 11.7 Å². The third-order valence-electron chi connectivity index (χ3n) is 5.42. The molecule has 0 radical (unpaired) electrons. The van der Waals surface area contributed by atoms with Crippen LogP contribution in [0, 0.1) is 5.92 Å². The van der Waals surface area contributed by atoms with Crippen molar-refractivity contribution in [2.75, 3.05) is 24.6 Å². The number of aliphatic hydroxyl groups excluding tert-OH is 1. The predicted octanol–water partition coefficient (Wildman–Crippen LogP) is 2.74. The number of amides is 1. The molecule has 2 N–H and O–H groups in total. The number of anilines is 1. The molecule has 1 aromatic heterocycles. The summed E-state index contributed by atoms with van der Waals surface area (Å²) in [6.07, 6.45) is 10.8. The van der Waals surface area contributed by atoms with E-state index in [0.29, 0.717) is 17.9 Å². The van der Waals surface area contributed by atoms with Crippen LogP contribution in [-0.2, 0) is 0 Å². The predicted molar refractivity (Wildman–Crippen MR) is 95.2 cm³/mol. The highest BCUT2D eigenvalue weighted by molar-refractivity contribution is 5.94. The molecule has 2 aliphatic rings. The number of hydrogen-bond acceptors (Lipinski definition) is 4. The maximum absolute atomic E-state index is 12.6. The molecule has 3 rings (SSSR count). The van der Waals surface area contributed by atoms with Crippen LogP contribution in [0.1, 0.15) is 61.7 Å². The maximum Gasteiger partial charge on any atom is 0.253 e. The number of pyridine rings is 1. The van der Waals surface area contributed by atoms with Gasteiger partial charge in [0.05, 0.1) is 5.56 Å². The Hall–Kier alpha value is -1.62. The number of nitrogens with zero attached hydrogens (tertiary/aromatic N) is 2. The Kier molecular flexibility index (Phi) is 6.07. The number of aromatic nitrogens is 1. The average Bonchev–Trinajstić information content (AvgIpc) is 3.17. The Bertz CT molecular complexity index is 520. The molecule has 2 heterocycles. The van der Waals surface area contributed by atoms with Crippen molar-refractivity contribution in [1.29, 1.82) is 0 Å². The third-order valence-corrected chi connectivity index (χ3v) is 5.42. The standard InChI is InChI=1S/C19H29N3O2/c23-13-10-17(15-6-2-1-3-7-15)21-19(24)16-8-9-18(20-14-16)22-11-4-5-12-22/h8-9,14-15,17,23H,1-7,10-13H2,(H,21,24). The van der Waals surface area contributed by atoms with Gasteiger partial charge in [-0.25, -0.2) is 4.98 Å². The van der Waals surface area contributed by atoms with Crippen molar-refractivity contribution in [3.63, 3.8) is 0 Å². The van der Waals surface area contributed by atoms with Gasteiger partial charge < -0.3 is 15.3 Å². The highest BCUT2D eigenvalue weighted by atomic mass is 16.3. The van der Waals surface area contributed by atoms with Crippen LogP contribution < -0.4 is 10.2 Å². The molecule has 24 heavy (non-hydrogen) atoms. The Morgan fingerprint density at radius 2 is 1.96 bits per heavy atom. The van der Waals surface area contributed by atoms with E-state index in [9.17, 15) is 9.90 Å². The molecule has 1 aromatic rings. The fourth-order valence-corrected chi connectivity index (χ4v) is 4.01. The minimum atomic E-state index is -0.0699. The Morgan fingerprint density at radius 1 is 1.21 bits per heavy atom. The van der Waals surface area contributed by atoms with Crippen molar-refractivity contribution in [3.05, 3.63) is 23.9 Å². The number of rotatable bonds is 6. The molecule has 1 amide bonds. The van der Waals surface area contributed by atoms with Gasteiger partial charge in [0.15, 0.2) is 0 Å². The molecule has 2 fully saturated rings. The third kappa shape index (κ3) is 4.26. The monoisotopic (exact) mass is 331 g/mol. The first kappa shape index (κ1) is 17.2. The molecule has 5 nitrogen and oxygen atoms in total. The normalized spacial score (nSPS) is 20.1. The molecule has 0 aromatic carbocycles. The van der Waals surface area contributed by atoms with E-state index < -0.39 is 0 Å². The Balaban J connectivity index is 1.61. The van der Waals surface area contributed by atoms with Crippen LogP contribution in [0.5, 0.6) is 0 Å². The minimum absolute atomic E-state index is 0.0699. The molecular weight excluding hydrogens is 302 g/mol. The van der Waals surface area contributed by atoms with E-state index in [0.717, 1.165) is 31.7 Å². The maximum atomic E-state index is 12.6. The Labute approximate surface area is 144 Å². The molecule has 0 spiro atoms. The largest absolute Gasteiger partial charge is 0.396 e. The van der Waals surface area contributed by atoms with E-state index in [1.165, 1.54) is 32.1 Å². The lowest BCUT2D eigenvalue weighted by Crippen LogP contribution is -2.41. The van der Waals surface area contributed by atoms with Gasteiger partial charge in [-0.05, 0) is 50.2 Å². The summed E-state index contributed by atoms with van der Waals surface area (Å²) in [4.78, 5) is 19.3. The average molecular weight is 331 g/mol. The first-order chi connectivity index (χ1) is 11.8. The van der Waals surface area contributed by atoms with Crippen LogP contribution >= 0.6 is 0 Å². The lowest BCUT2D eigenvalue weighted by atomic mass is 9.82. The van der Waals surface area contributed by atoms with Crippen molar-refractivity contribution < 1.29 is 9.90 Å². The Morgan fingerprint density at radius 3 is 2.58 bits per heavy atom. The quantitative estimate of drug-likeness (QED) is 0.841. The summed E-state index contributed by atoms with van der Waals surface area (Å²) in [7, 11) is 0. The summed E-state index contributed by atoms with van der Waals surface area (Å²) in [5.41, 5.74) is 0.608. The van der Waals surface area contributed by atoms with Gasteiger partial charge >= 0.3 is 0 Å². The zero-order valence-electron chi connectivity index (χ0n) is 14.4. The number of carbonyl (C=O) groups excluding carboxylic acids is 1. The van der Waals surface area contributed by atoms with Crippen LogP contribution in [0.15, 0.2) is 18.3 Å². The molecule has 1 aliphatic carbocycles. The fourth-order valence-electron chi connectivity index (χ4n) is 4.01. The van der Waals surface area contributed by atoms with E-state index in [1.807, 2.05) is 12.1 Å².